The van der Waals surface area contributed by atoms with E-state index in [2.05, 4.69) is 6.58 Å². The van der Waals surface area contributed by atoms with Gasteiger partial charge in [0.25, 0.3) is 0 Å². The Balaban J connectivity index is 4.34. The summed E-state index contributed by atoms with van der Waals surface area (Å²) in [6.07, 6.45) is 0.677. The number of rotatable bonds is 2. The van der Waals surface area contributed by atoms with Gasteiger partial charge in [-0.25, -0.2) is 0 Å². The summed E-state index contributed by atoms with van der Waals surface area (Å²) in [7, 11) is 0. The Morgan fingerprint density at radius 3 is 1.73 bits per heavy atom. The minimum Gasteiger partial charge on any atom is -0.389 e. The Hall–Kier alpha value is -0.300. The molecule has 1 atom stereocenters. The lowest BCUT2D eigenvalue weighted by Crippen LogP contribution is -2.39. The highest BCUT2D eigenvalue weighted by Crippen LogP contribution is 2.34. The molecule has 0 spiro atoms. The number of hydrogen-bond donors (Lipinski definition) is 1. The summed E-state index contributed by atoms with van der Waals surface area (Å²) in [6.45, 7) is 13.7. The number of aliphatic hydroxyl groups is 1. The molecule has 0 radical (unpaired) electrons. The lowest BCUT2D eigenvalue weighted by atomic mass is 9.74. The first-order valence-electron chi connectivity index (χ1n) is 4.03. The summed E-state index contributed by atoms with van der Waals surface area (Å²) in [5.74, 6) is 0. The average Bonchev–Trinajstić information content (AvgIpc) is 1.56. The van der Waals surface area contributed by atoms with Gasteiger partial charge in [0.15, 0.2) is 0 Å². The zero-order chi connectivity index (χ0) is 9.28. The topological polar surface area (TPSA) is 20.2 Å². The SMILES string of the molecule is C=C(C)C[C@](C)(O)C(C)(C)C. The highest BCUT2D eigenvalue weighted by molar-refractivity contribution is 5.00. The Kier molecular flexibility index (Phi) is 2.90. The van der Waals surface area contributed by atoms with Crippen molar-refractivity contribution < 1.29 is 5.11 Å². The van der Waals surface area contributed by atoms with E-state index in [0.717, 1.165) is 5.57 Å². The number of hydrogen-bond acceptors (Lipinski definition) is 1. The monoisotopic (exact) mass is 156 g/mol. The Bertz CT molecular complexity index is 149. The van der Waals surface area contributed by atoms with Crippen LogP contribution in [0.4, 0.5) is 0 Å². The molecule has 0 fully saturated rings. The van der Waals surface area contributed by atoms with Crippen molar-refractivity contribution in [3.05, 3.63) is 12.2 Å². The van der Waals surface area contributed by atoms with E-state index in [4.69, 9.17) is 0 Å². The molecule has 1 nitrogen and oxygen atoms in total. The molecule has 0 amide bonds. The summed E-state index contributed by atoms with van der Waals surface area (Å²) in [6, 6.07) is 0. The second-order valence-corrected chi connectivity index (χ2v) is 4.66. The van der Waals surface area contributed by atoms with Gasteiger partial charge in [-0.15, -0.1) is 6.58 Å². The van der Waals surface area contributed by atoms with Crippen LogP contribution >= 0.6 is 0 Å². The smallest absolute Gasteiger partial charge is 0.0704 e. The van der Waals surface area contributed by atoms with Gasteiger partial charge in [-0.05, 0) is 25.7 Å². The summed E-state index contributed by atoms with van der Waals surface area (Å²) in [5, 5.41) is 9.96. The quantitative estimate of drug-likeness (QED) is 0.609. The van der Waals surface area contributed by atoms with E-state index >= 15 is 0 Å². The van der Waals surface area contributed by atoms with Gasteiger partial charge in [0.2, 0.25) is 0 Å². The Labute approximate surface area is 70.1 Å². The molecule has 11 heavy (non-hydrogen) atoms. The Morgan fingerprint density at radius 2 is 1.64 bits per heavy atom. The molecule has 0 aromatic carbocycles. The predicted octanol–water partition coefficient (Wildman–Crippen LogP) is 2.75. The van der Waals surface area contributed by atoms with Crippen molar-refractivity contribution in [2.24, 2.45) is 5.41 Å². The van der Waals surface area contributed by atoms with Crippen LogP contribution in [-0.2, 0) is 0 Å². The van der Waals surface area contributed by atoms with Crippen LogP contribution in [0.2, 0.25) is 0 Å². The molecule has 0 aliphatic heterocycles. The molecular formula is C10H20O. The zero-order valence-corrected chi connectivity index (χ0v) is 8.36. The maximum Gasteiger partial charge on any atom is 0.0704 e. The molecule has 0 rings (SSSR count). The minimum atomic E-state index is -0.640. The zero-order valence-electron chi connectivity index (χ0n) is 8.36. The lowest BCUT2D eigenvalue weighted by molar-refractivity contribution is -0.0403. The van der Waals surface area contributed by atoms with Crippen molar-refractivity contribution in [3.8, 4) is 0 Å². The molecule has 0 saturated carbocycles. The molecule has 1 heteroatoms. The first kappa shape index (κ1) is 10.7. The minimum absolute atomic E-state index is 0.0774. The predicted molar refractivity (Wildman–Crippen MR) is 49.5 cm³/mol. The third-order valence-corrected chi connectivity index (χ3v) is 2.26. The largest absolute Gasteiger partial charge is 0.389 e. The van der Waals surface area contributed by atoms with Crippen molar-refractivity contribution in [1.29, 1.82) is 0 Å². The van der Waals surface area contributed by atoms with E-state index in [0.29, 0.717) is 6.42 Å². The van der Waals surface area contributed by atoms with Crippen LogP contribution in [0.15, 0.2) is 12.2 Å². The van der Waals surface area contributed by atoms with E-state index in [1.54, 1.807) is 0 Å². The molecule has 0 heterocycles. The van der Waals surface area contributed by atoms with Crippen LogP contribution in [0.5, 0.6) is 0 Å². The highest BCUT2D eigenvalue weighted by Gasteiger charge is 2.34. The van der Waals surface area contributed by atoms with E-state index < -0.39 is 5.60 Å². The first-order valence-corrected chi connectivity index (χ1v) is 4.03. The fraction of sp³-hybridized carbons (Fsp3) is 0.800. The normalized spacial score (nSPS) is 17.6. The molecule has 66 valence electrons. The standard InChI is InChI=1S/C10H20O/c1-8(2)7-10(6,11)9(3,4)5/h11H,1,7H2,2-6H3/t10-/m0/s1. The van der Waals surface area contributed by atoms with Gasteiger partial charge in [0.1, 0.15) is 0 Å². The molecule has 0 saturated heterocycles. The Morgan fingerprint density at radius 1 is 1.27 bits per heavy atom. The van der Waals surface area contributed by atoms with Crippen LogP contribution in [0, 0.1) is 5.41 Å². The van der Waals surface area contributed by atoms with Gasteiger partial charge in [-0.2, -0.15) is 0 Å². The van der Waals surface area contributed by atoms with E-state index in [9.17, 15) is 5.11 Å². The van der Waals surface area contributed by atoms with Gasteiger partial charge in [0.05, 0.1) is 5.60 Å². The van der Waals surface area contributed by atoms with E-state index in [1.165, 1.54) is 0 Å². The lowest BCUT2D eigenvalue weighted by Gasteiger charge is -2.37. The van der Waals surface area contributed by atoms with Crippen molar-refractivity contribution in [1.82, 2.24) is 0 Å². The molecule has 0 bridgehead atoms. The van der Waals surface area contributed by atoms with Gasteiger partial charge < -0.3 is 5.11 Å². The van der Waals surface area contributed by atoms with Crippen LogP contribution in [0.1, 0.15) is 41.0 Å². The van der Waals surface area contributed by atoms with E-state index in [-0.39, 0.29) is 5.41 Å². The van der Waals surface area contributed by atoms with Crippen molar-refractivity contribution in [2.45, 2.75) is 46.6 Å². The second-order valence-electron chi connectivity index (χ2n) is 4.66. The summed E-state index contributed by atoms with van der Waals surface area (Å²) in [4.78, 5) is 0. The average molecular weight is 156 g/mol. The fourth-order valence-corrected chi connectivity index (χ4v) is 0.853. The molecule has 0 aromatic rings. The van der Waals surface area contributed by atoms with E-state index in [1.807, 2.05) is 34.6 Å². The highest BCUT2D eigenvalue weighted by atomic mass is 16.3. The third-order valence-electron chi connectivity index (χ3n) is 2.26. The molecule has 0 unspecified atom stereocenters. The van der Waals surface area contributed by atoms with Crippen molar-refractivity contribution in [2.75, 3.05) is 0 Å². The first-order chi connectivity index (χ1) is 4.67. The summed E-state index contributed by atoms with van der Waals surface area (Å²) in [5.41, 5.74) is 0.315. The van der Waals surface area contributed by atoms with Gasteiger partial charge in [-0.1, -0.05) is 26.3 Å². The molecule has 0 aliphatic carbocycles. The van der Waals surface area contributed by atoms with Crippen molar-refractivity contribution in [3.63, 3.8) is 0 Å². The van der Waals surface area contributed by atoms with Crippen LogP contribution in [-0.4, -0.2) is 10.7 Å². The van der Waals surface area contributed by atoms with Gasteiger partial charge in [-0.3, -0.25) is 0 Å². The van der Waals surface area contributed by atoms with Gasteiger partial charge in [0, 0.05) is 0 Å². The fourth-order valence-electron chi connectivity index (χ4n) is 0.853. The second kappa shape index (κ2) is 2.98. The van der Waals surface area contributed by atoms with Crippen LogP contribution in [0.25, 0.3) is 0 Å². The van der Waals surface area contributed by atoms with Crippen LogP contribution < -0.4 is 0 Å². The maximum atomic E-state index is 9.96. The van der Waals surface area contributed by atoms with Crippen molar-refractivity contribution >= 4 is 0 Å². The molecular weight excluding hydrogens is 136 g/mol. The maximum absolute atomic E-state index is 9.96. The molecule has 0 aliphatic rings. The molecule has 0 aromatic heterocycles. The van der Waals surface area contributed by atoms with Crippen LogP contribution in [0.3, 0.4) is 0 Å². The summed E-state index contributed by atoms with van der Waals surface area (Å²) >= 11 is 0. The van der Waals surface area contributed by atoms with Gasteiger partial charge >= 0.3 is 0 Å². The third kappa shape index (κ3) is 3.06. The summed E-state index contributed by atoms with van der Waals surface area (Å²) < 4.78 is 0. The molecule has 1 N–H and O–H groups in total.